The van der Waals surface area contributed by atoms with Crippen LogP contribution in [0.2, 0.25) is 0 Å². The predicted octanol–water partition coefficient (Wildman–Crippen LogP) is 1.91. The number of rotatable bonds is 1. The Morgan fingerprint density at radius 3 is 2.72 bits per heavy atom. The molecule has 1 heterocycles. The van der Waals surface area contributed by atoms with E-state index in [9.17, 15) is 9.59 Å². The van der Waals surface area contributed by atoms with Crippen LogP contribution in [0.1, 0.15) is 30.6 Å². The second-order valence-corrected chi connectivity index (χ2v) is 4.98. The fraction of sp³-hybridized carbons (Fsp3) is 0.385. The molecule has 96 valence electrons. The van der Waals surface area contributed by atoms with Gasteiger partial charge in [0, 0.05) is 7.05 Å². The number of ether oxygens (including phenoxy) is 1. The molecule has 1 aromatic rings. The molecule has 2 rings (SSSR count). The fourth-order valence-corrected chi connectivity index (χ4v) is 1.95. The molecule has 0 atom stereocenters. The highest BCUT2D eigenvalue weighted by molar-refractivity contribution is 5.98. The van der Waals surface area contributed by atoms with Gasteiger partial charge in [-0.1, -0.05) is 0 Å². The minimum absolute atomic E-state index is 0.0960. The maximum Gasteiger partial charge on any atom is 0.335 e. The Morgan fingerprint density at radius 1 is 1.44 bits per heavy atom. The van der Waals surface area contributed by atoms with Crippen LogP contribution in [0.25, 0.3) is 0 Å². The maximum atomic E-state index is 12.0. The summed E-state index contributed by atoms with van der Waals surface area (Å²) in [6.07, 6.45) is 0.251. The van der Waals surface area contributed by atoms with Crippen LogP contribution >= 0.6 is 0 Å². The van der Waals surface area contributed by atoms with Crippen molar-refractivity contribution < 1.29 is 19.4 Å². The van der Waals surface area contributed by atoms with Crippen LogP contribution in [0.15, 0.2) is 18.2 Å². The van der Waals surface area contributed by atoms with Crippen molar-refractivity contribution in [1.29, 1.82) is 0 Å². The van der Waals surface area contributed by atoms with Crippen LogP contribution in [-0.4, -0.2) is 29.6 Å². The molecule has 18 heavy (non-hydrogen) atoms. The number of amides is 1. The normalized spacial score (nSPS) is 17.7. The monoisotopic (exact) mass is 249 g/mol. The van der Waals surface area contributed by atoms with Gasteiger partial charge in [0.25, 0.3) is 0 Å². The topological polar surface area (TPSA) is 66.8 Å². The molecule has 0 spiro atoms. The first kappa shape index (κ1) is 12.4. The summed E-state index contributed by atoms with van der Waals surface area (Å²) >= 11 is 0. The summed E-state index contributed by atoms with van der Waals surface area (Å²) in [4.78, 5) is 24.4. The summed E-state index contributed by atoms with van der Waals surface area (Å²) in [6.45, 7) is 3.66. The van der Waals surface area contributed by atoms with Gasteiger partial charge >= 0.3 is 5.97 Å². The van der Waals surface area contributed by atoms with Crippen LogP contribution in [-0.2, 0) is 4.79 Å². The summed E-state index contributed by atoms with van der Waals surface area (Å²) < 4.78 is 5.76. The van der Waals surface area contributed by atoms with Gasteiger partial charge in [0.2, 0.25) is 5.91 Å². The highest BCUT2D eigenvalue weighted by atomic mass is 16.5. The van der Waals surface area contributed by atoms with Crippen molar-refractivity contribution >= 4 is 17.6 Å². The molecule has 0 aromatic heterocycles. The highest BCUT2D eigenvalue weighted by Gasteiger charge is 2.32. The fourth-order valence-electron chi connectivity index (χ4n) is 1.95. The van der Waals surface area contributed by atoms with E-state index >= 15 is 0 Å². The van der Waals surface area contributed by atoms with Crippen molar-refractivity contribution in [3.63, 3.8) is 0 Å². The van der Waals surface area contributed by atoms with E-state index in [1.54, 1.807) is 13.1 Å². The van der Waals surface area contributed by atoms with Gasteiger partial charge in [-0.3, -0.25) is 4.79 Å². The summed E-state index contributed by atoms with van der Waals surface area (Å²) in [5.41, 5.74) is 0.0311. The Bertz CT molecular complexity index is 522. The lowest BCUT2D eigenvalue weighted by Gasteiger charge is -2.23. The third-order valence-electron chi connectivity index (χ3n) is 2.90. The molecule has 0 saturated carbocycles. The summed E-state index contributed by atoms with van der Waals surface area (Å²) in [7, 11) is 1.62. The molecule has 1 aliphatic heterocycles. The lowest BCUT2D eigenvalue weighted by molar-refractivity contribution is -0.120. The molecular formula is C13H15NO4. The molecule has 1 aliphatic rings. The van der Waals surface area contributed by atoms with E-state index in [-0.39, 0.29) is 17.9 Å². The number of carboxylic acid groups (broad SMARTS) is 1. The zero-order chi connectivity index (χ0) is 13.5. The lowest BCUT2D eigenvalue weighted by Crippen LogP contribution is -2.34. The molecular weight excluding hydrogens is 234 g/mol. The minimum atomic E-state index is -1.03. The number of carbonyl (C=O) groups is 2. The van der Waals surface area contributed by atoms with Gasteiger partial charge in [0.1, 0.15) is 11.4 Å². The molecule has 1 N–H and O–H groups in total. The van der Waals surface area contributed by atoms with Crippen molar-refractivity contribution in [2.24, 2.45) is 0 Å². The van der Waals surface area contributed by atoms with Crippen molar-refractivity contribution in [2.45, 2.75) is 25.9 Å². The Labute approximate surface area is 105 Å². The zero-order valence-corrected chi connectivity index (χ0v) is 10.6. The number of hydrogen-bond donors (Lipinski definition) is 1. The maximum absolute atomic E-state index is 12.0. The summed E-state index contributed by atoms with van der Waals surface area (Å²) in [6, 6.07) is 4.52. The molecule has 5 heteroatoms. The van der Waals surface area contributed by atoms with Crippen LogP contribution in [0.4, 0.5) is 5.69 Å². The molecule has 0 fully saturated rings. The molecule has 0 radical (unpaired) electrons. The Morgan fingerprint density at radius 2 is 2.11 bits per heavy atom. The van der Waals surface area contributed by atoms with Crippen molar-refractivity contribution in [3.8, 4) is 5.75 Å². The molecule has 0 bridgehead atoms. The summed E-state index contributed by atoms with van der Waals surface area (Å²) in [5, 5.41) is 8.97. The first-order valence-corrected chi connectivity index (χ1v) is 5.63. The number of nitrogens with zero attached hydrogens (tertiary/aromatic N) is 1. The number of carbonyl (C=O) groups excluding carboxylic acids is 1. The number of fused-ring (bicyclic) bond motifs is 1. The van der Waals surface area contributed by atoms with Gasteiger partial charge in [0.05, 0.1) is 17.7 Å². The number of carboxylic acids is 1. The molecule has 0 unspecified atom stereocenters. The minimum Gasteiger partial charge on any atom is -0.485 e. The van der Waals surface area contributed by atoms with Crippen LogP contribution < -0.4 is 9.64 Å². The Balaban J connectivity index is 2.55. The van der Waals surface area contributed by atoms with Crippen molar-refractivity contribution in [2.75, 3.05) is 11.9 Å². The van der Waals surface area contributed by atoms with E-state index in [0.29, 0.717) is 11.4 Å². The molecule has 0 aliphatic carbocycles. The standard InChI is InChI=1S/C13H15NO4/c1-13(2)7-11(15)14(3)9-6-8(12(16)17)4-5-10(9)18-13/h4-6H,7H2,1-3H3,(H,16,17). The van der Waals surface area contributed by atoms with Gasteiger partial charge in [0.15, 0.2) is 0 Å². The average molecular weight is 249 g/mol. The molecule has 5 nitrogen and oxygen atoms in total. The summed E-state index contributed by atoms with van der Waals surface area (Å²) in [5.74, 6) is -0.596. The molecule has 1 aromatic carbocycles. The van der Waals surface area contributed by atoms with Crippen LogP contribution in [0.3, 0.4) is 0 Å². The lowest BCUT2D eigenvalue weighted by atomic mass is 10.1. The van der Waals surface area contributed by atoms with Crippen LogP contribution in [0, 0.1) is 0 Å². The third kappa shape index (κ3) is 2.16. The van der Waals surface area contributed by atoms with Gasteiger partial charge in [-0.2, -0.15) is 0 Å². The Kier molecular flexibility index (Phi) is 2.77. The second kappa shape index (κ2) is 4.01. The second-order valence-electron chi connectivity index (χ2n) is 4.98. The number of aromatic carboxylic acids is 1. The number of anilines is 1. The quantitative estimate of drug-likeness (QED) is 0.825. The van der Waals surface area contributed by atoms with E-state index < -0.39 is 11.6 Å². The van der Waals surface area contributed by atoms with E-state index in [1.165, 1.54) is 17.0 Å². The zero-order valence-electron chi connectivity index (χ0n) is 10.6. The van der Waals surface area contributed by atoms with Crippen molar-refractivity contribution in [1.82, 2.24) is 0 Å². The first-order valence-electron chi connectivity index (χ1n) is 5.63. The van der Waals surface area contributed by atoms with Gasteiger partial charge in [-0.05, 0) is 32.0 Å². The Hall–Kier alpha value is -2.04. The average Bonchev–Trinajstić information content (AvgIpc) is 2.34. The molecule has 1 amide bonds. The van der Waals surface area contributed by atoms with Gasteiger partial charge in [-0.25, -0.2) is 4.79 Å². The van der Waals surface area contributed by atoms with Gasteiger partial charge in [-0.15, -0.1) is 0 Å². The third-order valence-corrected chi connectivity index (χ3v) is 2.90. The van der Waals surface area contributed by atoms with E-state index in [1.807, 2.05) is 13.8 Å². The highest BCUT2D eigenvalue weighted by Crippen LogP contribution is 2.36. The first-order chi connectivity index (χ1) is 8.30. The number of benzene rings is 1. The number of hydrogen-bond acceptors (Lipinski definition) is 3. The van der Waals surface area contributed by atoms with Crippen molar-refractivity contribution in [3.05, 3.63) is 23.8 Å². The largest absolute Gasteiger partial charge is 0.485 e. The SMILES string of the molecule is CN1C(=O)CC(C)(C)Oc2ccc(C(=O)O)cc21. The predicted molar refractivity (Wildman–Crippen MR) is 66.1 cm³/mol. The smallest absolute Gasteiger partial charge is 0.335 e. The van der Waals surface area contributed by atoms with E-state index in [4.69, 9.17) is 9.84 Å². The van der Waals surface area contributed by atoms with E-state index in [0.717, 1.165) is 0 Å². The van der Waals surface area contributed by atoms with Crippen LogP contribution in [0.5, 0.6) is 5.75 Å². The van der Waals surface area contributed by atoms with E-state index in [2.05, 4.69) is 0 Å². The van der Waals surface area contributed by atoms with Gasteiger partial charge < -0.3 is 14.7 Å². The molecule has 0 saturated heterocycles.